The summed E-state index contributed by atoms with van der Waals surface area (Å²) in [4.78, 5) is 19.6. The highest BCUT2D eigenvalue weighted by molar-refractivity contribution is 5.87. The highest BCUT2D eigenvalue weighted by Crippen LogP contribution is 2.12. The van der Waals surface area contributed by atoms with Crippen molar-refractivity contribution in [3.8, 4) is 0 Å². The fraction of sp³-hybridized carbons (Fsp3) is 0.0625. The first-order valence-electron chi connectivity index (χ1n) is 6.25. The van der Waals surface area contributed by atoms with Crippen LogP contribution in [0.25, 0.3) is 10.9 Å². The molecule has 0 saturated heterocycles. The monoisotopic (exact) mass is 264 g/mol. The predicted molar refractivity (Wildman–Crippen MR) is 75.7 cm³/mol. The van der Waals surface area contributed by atoms with E-state index in [-0.39, 0.29) is 5.56 Å². The van der Waals surface area contributed by atoms with E-state index in [0.29, 0.717) is 6.42 Å². The third-order valence-corrected chi connectivity index (χ3v) is 3.10. The Kier molecular flexibility index (Phi) is 3.13. The molecule has 0 amide bonds. The van der Waals surface area contributed by atoms with Crippen LogP contribution in [0.5, 0.6) is 0 Å². The van der Waals surface area contributed by atoms with Gasteiger partial charge >= 0.3 is 5.97 Å². The molecule has 0 aliphatic carbocycles. The van der Waals surface area contributed by atoms with Gasteiger partial charge in [0.25, 0.3) is 0 Å². The van der Waals surface area contributed by atoms with Crippen molar-refractivity contribution < 1.29 is 9.90 Å². The Morgan fingerprint density at radius 1 is 1.05 bits per heavy atom. The van der Waals surface area contributed by atoms with E-state index in [9.17, 15) is 4.79 Å². The maximum atomic E-state index is 10.8. The number of hydrogen-bond donors (Lipinski definition) is 1. The van der Waals surface area contributed by atoms with Crippen LogP contribution in [0.3, 0.4) is 0 Å². The van der Waals surface area contributed by atoms with Crippen LogP contribution >= 0.6 is 0 Å². The van der Waals surface area contributed by atoms with E-state index in [0.717, 1.165) is 22.3 Å². The molecule has 3 rings (SSSR count). The van der Waals surface area contributed by atoms with Gasteiger partial charge in [-0.25, -0.2) is 14.8 Å². The van der Waals surface area contributed by atoms with Crippen LogP contribution in [-0.2, 0) is 6.42 Å². The van der Waals surface area contributed by atoms with Crippen LogP contribution in [0.15, 0.2) is 54.7 Å². The number of carbonyl (C=O) groups is 1. The number of hydrogen-bond acceptors (Lipinski definition) is 3. The van der Waals surface area contributed by atoms with Gasteiger partial charge in [-0.3, -0.25) is 0 Å². The van der Waals surface area contributed by atoms with Crippen LogP contribution in [0, 0.1) is 0 Å². The van der Waals surface area contributed by atoms with Crippen LogP contribution in [0.1, 0.15) is 21.7 Å². The maximum absolute atomic E-state index is 10.8. The highest BCUT2D eigenvalue weighted by Gasteiger charge is 2.04. The second-order valence-corrected chi connectivity index (χ2v) is 4.52. The first kappa shape index (κ1) is 12.3. The van der Waals surface area contributed by atoms with Gasteiger partial charge in [-0.15, -0.1) is 0 Å². The van der Waals surface area contributed by atoms with Crippen LogP contribution in [0.2, 0.25) is 0 Å². The molecule has 2 aromatic carbocycles. The molecule has 0 spiro atoms. The van der Waals surface area contributed by atoms with Gasteiger partial charge in [0.05, 0.1) is 11.1 Å². The third kappa shape index (κ3) is 2.49. The van der Waals surface area contributed by atoms with Crippen molar-refractivity contribution in [2.75, 3.05) is 0 Å². The number of carboxylic acids is 1. The van der Waals surface area contributed by atoms with Crippen molar-refractivity contribution in [1.29, 1.82) is 0 Å². The lowest BCUT2D eigenvalue weighted by molar-refractivity contribution is 0.0697. The molecule has 1 N–H and O–H groups in total. The second kappa shape index (κ2) is 5.09. The summed E-state index contributed by atoms with van der Waals surface area (Å²) in [6.07, 6.45) is 2.40. The second-order valence-electron chi connectivity index (χ2n) is 4.52. The average molecular weight is 264 g/mol. The summed E-state index contributed by atoms with van der Waals surface area (Å²) in [5, 5.41) is 9.87. The molecule has 0 atom stereocenters. The van der Waals surface area contributed by atoms with Gasteiger partial charge in [0, 0.05) is 18.0 Å². The van der Waals surface area contributed by atoms with Crippen molar-refractivity contribution in [2.45, 2.75) is 6.42 Å². The summed E-state index contributed by atoms with van der Waals surface area (Å²) in [6, 6.07) is 14.6. The van der Waals surface area contributed by atoms with Gasteiger partial charge < -0.3 is 5.11 Å². The largest absolute Gasteiger partial charge is 0.478 e. The molecular weight excluding hydrogens is 252 g/mol. The minimum atomic E-state index is -0.918. The summed E-state index contributed by atoms with van der Waals surface area (Å²) in [7, 11) is 0. The molecule has 0 radical (unpaired) electrons. The quantitative estimate of drug-likeness (QED) is 0.790. The number of fused-ring (bicyclic) bond motifs is 1. The maximum Gasteiger partial charge on any atom is 0.335 e. The van der Waals surface area contributed by atoms with Crippen molar-refractivity contribution >= 4 is 16.9 Å². The summed E-state index contributed by atoms with van der Waals surface area (Å²) in [6.45, 7) is 0. The van der Waals surface area contributed by atoms with E-state index >= 15 is 0 Å². The molecule has 0 fully saturated rings. The first-order valence-corrected chi connectivity index (χ1v) is 6.25. The summed E-state index contributed by atoms with van der Waals surface area (Å²) >= 11 is 0. The number of rotatable bonds is 3. The number of nitrogens with zero attached hydrogens (tertiary/aromatic N) is 2. The van der Waals surface area contributed by atoms with Crippen LogP contribution < -0.4 is 0 Å². The summed E-state index contributed by atoms with van der Waals surface area (Å²) < 4.78 is 0. The molecule has 0 aliphatic rings. The van der Waals surface area contributed by atoms with E-state index in [1.165, 1.54) is 0 Å². The lowest BCUT2D eigenvalue weighted by Gasteiger charge is -2.03. The molecule has 1 heterocycles. The topological polar surface area (TPSA) is 63.1 Å². The normalized spacial score (nSPS) is 10.6. The fourth-order valence-corrected chi connectivity index (χ4v) is 2.04. The van der Waals surface area contributed by atoms with E-state index in [2.05, 4.69) is 9.97 Å². The lowest BCUT2D eigenvalue weighted by atomic mass is 10.1. The van der Waals surface area contributed by atoms with Crippen molar-refractivity contribution in [1.82, 2.24) is 9.97 Å². The summed E-state index contributed by atoms with van der Waals surface area (Å²) in [5.41, 5.74) is 2.19. The van der Waals surface area contributed by atoms with Crippen LogP contribution in [-0.4, -0.2) is 21.0 Å². The van der Waals surface area contributed by atoms with E-state index in [1.807, 2.05) is 30.5 Å². The Bertz CT molecular complexity index is 767. The molecule has 0 unspecified atom stereocenters. The minimum absolute atomic E-state index is 0.285. The standard InChI is InChI=1S/C16H12N2O2/c19-16(20)12-7-5-11(6-8-12)9-15-17-10-13-3-1-2-4-14(13)18-15/h1-8,10H,9H2,(H,19,20). The van der Waals surface area contributed by atoms with Gasteiger partial charge in [-0.2, -0.15) is 0 Å². The van der Waals surface area contributed by atoms with E-state index in [1.54, 1.807) is 24.3 Å². The van der Waals surface area contributed by atoms with Crippen molar-refractivity contribution in [3.63, 3.8) is 0 Å². The van der Waals surface area contributed by atoms with Gasteiger partial charge in [0.2, 0.25) is 0 Å². The SMILES string of the molecule is O=C(O)c1ccc(Cc2ncc3ccccc3n2)cc1. The predicted octanol–water partition coefficient (Wildman–Crippen LogP) is 2.92. The zero-order valence-corrected chi connectivity index (χ0v) is 10.7. The number of para-hydroxylation sites is 1. The van der Waals surface area contributed by atoms with Crippen molar-refractivity contribution in [3.05, 3.63) is 71.7 Å². The Labute approximate surface area is 115 Å². The Morgan fingerprint density at radius 2 is 1.80 bits per heavy atom. The molecule has 98 valence electrons. The highest BCUT2D eigenvalue weighted by atomic mass is 16.4. The van der Waals surface area contributed by atoms with Gasteiger partial charge in [0.15, 0.2) is 0 Å². The first-order chi connectivity index (χ1) is 9.72. The Morgan fingerprint density at radius 3 is 2.55 bits per heavy atom. The smallest absolute Gasteiger partial charge is 0.335 e. The van der Waals surface area contributed by atoms with Gasteiger partial charge in [-0.1, -0.05) is 30.3 Å². The molecule has 20 heavy (non-hydrogen) atoms. The van der Waals surface area contributed by atoms with E-state index < -0.39 is 5.97 Å². The molecule has 1 aromatic heterocycles. The number of aromatic carboxylic acids is 1. The average Bonchev–Trinajstić information content (AvgIpc) is 2.48. The third-order valence-electron chi connectivity index (χ3n) is 3.10. The lowest BCUT2D eigenvalue weighted by Crippen LogP contribution is -1.99. The Balaban J connectivity index is 1.87. The molecule has 4 nitrogen and oxygen atoms in total. The minimum Gasteiger partial charge on any atom is -0.478 e. The molecule has 4 heteroatoms. The fourth-order valence-electron chi connectivity index (χ4n) is 2.04. The number of aromatic nitrogens is 2. The molecule has 0 saturated carbocycles. The van der Waals surface area contributed by atoms with Crippen LogP contribution in [0.4, 0.5) is 0 Å². The number of benzene rings is 2. The van der Waals surface area contributed by atoms with Gasteiger partial charge in [-0.05, 0) is 23.8 Å². The van der Waals surface area contributed by atoms with E-state index in [4.69, 9.17) is 5.11 Å². The zero-order chi connectivity index (χ0) is 13.9. The van der Waals surface area contributed by atoms with Crippen molar-refractivity contribution in [2.24, 2.45) is 0 Å². The molecule has 0 aliphatic heterocycles. The molecule has 3 aromatic rings. The summed E-state index contributed by atoms with van der Waals surface area (Å²) in [5.74, 6) is -0.190. The zero-order valence-electron chi connectivity index (χ0n) is 10.7. The molecular formula is C16H12N2O2. The Hall–Kier alpha value is -2.75. The molecule has 0 bridgehead atoms. The van der Waals surface area contributed by atoms with Gasteiger partial charge in [0.1, 0.15) is 5.82 Å². The number of carboxylic acid groups (broad SMARTS) is 1.